The third-order valence-corrected chi connectivity index (χ3v) is 15.1. The first-order chi connectivity index (χ1) is 39.6. The standard InChI is InChI=1S/C25H27ClFN5O3.C25H26ClFN4O3.C7H5F3N2O3/c1-14-11-31(15(2)10-30(14)12-16-4-6-17(27)7-5-16)25(35)19-8-18-20(23(33)24(34)29-3)13-32(28)22(18)9-21(19)26;1-14-12-31(15(2)11-30(14)13-16-4-6-17(27)7-5-16)25(34)19-8-18-20(23(32)24(33)28-3)10-29-22(18)9-21(19)26;8-7(9,10)4-1-2-6(15-11)5(3-4)12(13)14/h4-9,13-15H,10-12,28H2,1-3H3,(H,29,34);4-10,14-15,29H,11-13H2,1-3H3,(H,28,33);1-3H,11H2/t2*14-,15+;/m00./s1. The Morgan fingerprint density at radius 2 is 1.13 bits per heavy atom. The van der Waals surface area contributed by atoms with Gasteiger partial charge in [-0.25, -0.2) is 8.78 Å². The first-order valence-electron chi connectivity index (χ1n) is 25.9. The summed E-state index contributed by atoms with van der Waals surface area (Å²) in [5.74, 6) is 6.23. The highest BCUT2D eigenvalue weighted by atomic mass is 35.5. The minimum Gasteiger partial charge on any atom is -0.404 e. The molecule has 0 radical (unpaired) electrons. The van der Waals surface area contributed by atoms with E-state index in [1.165, 1.54) is 67.6 Å². The van der Waals surface area contributed by atoms with Crippen molar-refractivity contribution in [1.29, 1.82) is 0 Å². The number of likely N-dealkylation sites (N-methyl/N-ethyl adjacent to an activating group) is 2. The Morgan fingerprint density at radius 1 is 0.667 bits per heavy atom. The van der Waals surface area contributed by atoms with Crippen LogP contribution in [-0.4, -0.2) is 134 Å². The third-order valence-electron chi connectivity index (χ3n) is 14.5. The Morgan fingerprint density at radius 3 is 1.58 bits per heavy atom. The maximum Gasteiger partial charge on any atom is 0.416 e. The molecule has 7 aromatic rings. The minimum atomic E-state index is -4.64. The smallest absolute Gasteiger partial charge is 0.404 e. The molecule has 2 saturated heterocycles. The third kappa shape index (κ3) is 14.1. The number of nitro benzene ring substituents is 1. The number of benzene rings is 5. The molecule has 7 N–H and O–H groups in total. The number of nitrogens with one attached hydrogen (secondary N) is 3. The molecular weight excluding hydrogens is 1150 g/mol. The van der Waals surface area contributed by atoms with E-state index in [1.54, 1.807) is 46.2 Å². The number of ketones is 2. The summed E-state index contributed by atoms with van der Waals surface area (Å²) in [7, 11) is 2.76. The summed E-state index contributed by atoms with van der Waals surface area (Å²) in [6.07, 6.45) is -1.84. The van der Waals surface area contributed by atoms with Crippen molar-refractivity contribution in [3.05, 3.63) is 174 Å². The van der Waals surface area contributed by atoms with E-state index in [4.69, 9.17) is 29.0 Å². The molecule has 5 aromatic carbocycles. The number of Topliss-reactive ketones (excluding diaryl/α,β-unsaturated/α-hetero) is 2. The Balaban J connectivity index is 0.000000195. The molecule has 0 unspecified atom stereocenters. The van der Waals surface area contributed by atoms with Gasteiger partial charge in [-0.15, -0.1) is 0 Å². The fraction of sp³-hybridized carbons (Fsp3) is 0.298. The van der Waals surface area contributed by atoms with Crippen LogP contribution in [0.1, 0.15) is 85.8 Å². The Bertz CT molecular complexity index is 3660. The molecule has 0 saturated carbocycles. The van der Waals surface area contributed by atoms with Crippen LogP contribution < -0.4 is 27.2 Å². The lowest BCUT2D eigenvalue weighted by molar-refractivity contribution is -0.386. The number of carbonyl (C=O) groups excluding carboxylic acids is 6. The zero-order valence-corrected chi connectivity index (χ0v) is 47.5. The summed E-state index contributed by atoms with van der Waals surface area (Å²) in [6, 6.07) is 20.8. The van der Waals surface area contributed by atoms with Gasteiger partial charge in [0.05, 0.1) is 48.3 Å². The number of halogens is 7. The minimum absolute atomic E-state index is 0.0539. The van der Waals surface area contributed by atoms with Crippen molar-refractivity contribution in [3.63, 3.8) is 0 Å². The molecule has 20 nitrogen and oxygen atoms in total. The van der Waals surface area contributed by atoms with E-state index >= 15 is 0 Å². The van der Waals surface area contributed by atoms with Gasteiger partial charge in [-0.3, -0.25) is 53.4 Å². The highest BCUT2D eigenvalue weighted by Crippen LogP contribution is 2.36. The average Bonchev–Trinajstić information content (AvgIpc) is 3.96. The quantitative estimate of drug-likeness (QED) is 0.0193. The van der Waals surface area contributed by atoms with Crippen molar-refractivity contribution in [1.82, 2.24) is 39.9 Å². The van der Waals surface area contributed by atoms with Crippen LogP contribution in [0.25, 0.3) is 21.8 Å². The predicted octanol–water partition coefficient (Wildman–Crippen LogP) is 8.30. The molecule has 4 amide bonds. The van der Waals surface area contributed by atoms with Gasteiger partial charge in [-0.05, 0) is 99.5 Å². The van der Waals surface area contributed by atoms with Crippen molar-refractivity contribution >= 4 is 85.9 Å². The van der Waals surface area contributed by atoms with E-state index in [2.05, 4.69) is 36.2 Å². The molecule has 0 bridgehead atoms. The van der Waals surface area contributed by atoms with Crippen LogP contribution >= 0.6 is 23.2 Å². The molecule has 2 fully saturated rings. The number of nitrogen functional groups attached to an aromatic ring is 1. The number of rotatable bonds is 12. The molecule has 27 heteroatoms. The largest absolute Gasteiger partial charge is 0.416 e. The Hall–Kier alpha value is -8.49. The lowest BCUT2D eigenvalue weighted by Crippen LogP contribution is -2.57. The molecule has 2 aliphatic heterocycles. The van der Waals surface area contributed by atoms with Crippen molar-refractivity contribution < 1.29 is 60.5 Å². The van der Waals surface area contributed by atoms with Gasteiger partial charge in [0.1, 0.15) is 11.6 Å². The van der Waals surface area contributed by atoms with Crippen molar-refractivity contribution in [3.8, 4) is 5.75 Å². The number of nitrogens with two attached hydrogens (primary N) is 2. The van der Waals surface area contributed by atoms with Gasteiger partial charge in [0.25, 0.3) is 35.2 Å². The lowest BCUT2D eigenvalue weighted by Gasteiger charge is -2.44. The van der Waals surface area contributed by atoms with E-state index in [9.17, 15) is 60.8 Å². The number of amides is 4. The first kappa shape index (κ1) is 63.1. The van der Waals surface area contributed by atoms with Crippen molar-refractivity contribution in [2.45, 2.75) is 71.1 Å². The number of alkyl halides is 3. The van der Waals surface area contributed by atoms with Gasteiger partial charge in [-0.2, -0.15) is 19.1 Å². The van der Waals surface area contributed by atoms with E-state index < -0.39 is 51.5 Å². The number of aromatic amines is 1. The molecule has 444 valence electrons. The summed E-state index contributed by atoms with van der Waals surface area (Å²) < 4.78 is 64.2. The number of H-pyrrole nitrogens is 1. The van der Waals surface area contributed by atoms with Gasteiger partial charge in [-0.1, -0.05) is 47.5 Å². The fourth-order valence-corrected chi connectivity index (χ4v) is 10.4. The van der Waals surface area contributed by atoms with E-state index in [-0.39, 0.29) is 79.9 Å². The zero-order chi connectivity index (χ0) is 61.6. The number of piperazine rings is 2. The number of nitro groups is 1. The van der Waals surface area contributed by atoms with Crippen LogP contribution in [0.3, 0.4) is 0 Å². The van der Waals surface area contributed by atoms with Crippen molar-refractivity contribution in [2.24, 2.45) is 5.90 Å². The second-order valence-corrected chi connectivity index (χ2v) is 21.0. The van der Waals surface area contributed by atoms with Gasteiger partial charge < -0.3 is 36.1 Å². The number of hydrogen-bond donors (Lipinski definition) is 5. The van der Waals surface area contributed by atoms with Gasteiger partial charge in [0, 0.05) is 112 Å². The Kier molecular flexibility index (Phi) is 19.8. The SMILES string of the molecule is CNC(=O)C(=O)c1c[nH]c2cc(Cl)c(C(=O)N3C[C@H](C)N(Cc4ccc(F)cc4)C[C@H]3C)cc12.CNC(=O)C(=O)c1cn(N)c2cc(Cl)c(C(=O)N3C[C@H](C)N(Cc4ccc(F)cc4)C[C@H]3C)cc12.NOc1ccc(C(F)(F)F)cc1[N+](=O)[O-]. The normalized spacial score (nSPS) is 17.4. The fourth-order valence-electron chi connectivity index (χ4n) is 9.88. The van der Waals surface area contributed by atoms with Gasteiger partial charge in [0.2, 0.25) is 5.75 Å². The van der Waals surface area contributed by atoms with E-state index in [0.29, 0.717) is 73.2 Å². The highest BCUT2D eigenvalue weighted by molar-refractivity contribution is 6.46. The zero-order valence-electron chi connectivity index (χ0n) is 46.0. The number of aromatic nitrogens is 2. The summed E-state index contributed by atoms with van der Waals surface area (Å²) in [6.45, 7) is 11.6. The topological polar surface area (TPSA) is 265 Å². The molecule has 4 atom stereocenters. The summed E-state index contributed by atoms with van der Waals surface area (Å²) in [5.41, 5.74) is 1.86. The number of carbonyl (C=O) groups is 6. The van der Waals surface area contributed by atoms with Crippen LogP contribution in [0.15, 0.2) is 103 Å². The van der Waals surface area contributed by atoms with E-state index in [1.807, 2.05) is 27.7 Å². The maximum absolute atomic E-state index is 13.6. The first-order valence-corrected chi connectivity index (χ1v) is 26.7. The van der Waals surface area contributed by atoms with Gasteiger partial charge >= 0.3 is 11.9 Å². The number of nitrogens with zero attached hydrogens (tertiary/aromatic N) is 6. The van der Waals surface area contributed by atoms with Crippen LogP contribution in [0.5, 0.6) is 5.75 Å². The van der Waals surface area contributed by atoms with Crippen LogP contribution in [0.4, 0.5) is 27.6 Å². The molecule has 0 spiro atoms. The van der Waals surface area contributed by atoms with E-state index in [0.717, 1.165) is 17.2 Å². The summed E-state index contributed by atoms with van der Waals surface area (Å²) >= 11 is 12.9. The van der Waals surface area contributed by atoms with Crippen LogP contribution in [0, 0.1) is 21.7 Å². The molecule has 4 heterocycles. The predicted molar refractivity (Wildman–Crippen MR) is 304 cm³/mol. The summed E-state index contributed by atoms with van der Waals surface area (Å²) in [4.78, 5) is 100. The second-order valence-electron chi connectivity index (χ2n) is 20.2. The molecular formula is C57H58Cl2F5N11O9. The highest BCUT2D eigenvalue weighted by Gasteiger charge is 2.37. The number of fused-ring (bicyclic) bond motifs is 2. The van der Waals surface area contributed by atoms with Crippen molar-refractivity contribution in [2.75, 3.05) is 46.1 Å². The Labute approximate surface area is 487 Å². The maximum atomic E-state index is 13.6. The molecule has 2 aromatic heterocycles. The number of hydrogen-bond acceptors (Lipinski definition) is 13. The van der Waals surface area contributed by atoms with Gasteiger partial charge in [0.15, 0.2) is 0 Å². The molecule has 2 aliphatic rings. The lowest BCUT2D eigenvalue weighted by atomic mass is 10.0. The summed E-state index contributed by atoms with van der Waals surface area (Å²) in [5, 5.41) is 16.3. The van der Waals surface area contributed by atoms with Crippen LogP contribution in [0.2, 0.25) is 10.0 Å². The molecule has 84 heavy (non-hydrogen) atoms. The van der Waals surface area contributed by atoms with Crippen LogP contribution in [-0.2, 0) is 28.9 Å². The second kappa shape index (κ2) is 26.4. The monoisotopic (exact) mass is 1210 g/mol. The average molecular weight is 1210 g/mol. The molecule has 0 aliphatic carbocycles. The molecule has 9 rings (SSSR count).